The van der Waals surface area contributed by atoms with Crippen LogP contribution < -0.4 is 10.5 Å². The SMILES string of the molecule is CN(Cc1cc(S(=O)(=O)NCCOCCOCCN)ccc1O)C1Cc2ccc(F)cc2C1. The fraction of sp³-hybridized carbons (Fsp3) is 0.478. The number of nitrogens with one attached hydrogen (secondary N) is 1. The van der Waals surface area contributed by atoms with E-state index in [-0.39, 0.29) is 35.7 Å². The highest BCUT2D eigenvalue weighted by molar-refractivity contribution is 7.89. The average molecular weight is 482 g/mol. The molecule has 0 aliphatic heterocycles. The van der Waals surface area contributed by atoms with Crippen LogP contribution in [0.25, 0.3) is 0 Å². The van der Waals surface area contributed by atoms with Gasteiger partial charge in [0.05, 0.1) is 31.3 Å². The number of nitrogens with two attached hydrogens (primary N) is 1. The lowest BCUT2D eigenvalue weighted by Gasteiger charge is -2.24. The van der Waals surface area contributed by atoms with E-state index >= 15 is 0 Å². The lowest BCUT2D eigenvalue weighted by Crippen LogP contribution is -2.32. The summed E-state index contributed by atoms with van der Waals surface area (Å²) < 4.78 is 51.8. The predicted molar refractivity (Wildman–Crippen MR) is 123 cm³/mol. The number of benzene rings is 2. The van der Waals surface area contributed by atoms with E-state index in [4.69, 9.17) is 15.2 Å². The van der Waals surface area contributed by atoms with Crippen molar-refractivity contribution in [3.05, 3.63) is 58.9 Å². The maximum absolute atomic E-state index is 13.5. The first kappa shape index (κ1) is 25.5. The van der Waals surface area contributed by atoms with Crippen LogP contribution in [0.3, 0.4) is 0 Å². The van der Waals surface area contributed by atoms with Crippen LogP contribution in [0.15, 0.2) is 41.3 Å². The second-order valence-electron chi connectivity index (χ2n) is 8.09. The Kier molecular flexibility index (Phi) is 9.19. The summed E-state index contributed by atoms with van der Waals surface area (Å²) in [5.41, 5.74) is 7.94. The van der Waals surface area contributed by atoms with E-state index in [1.165, 1.54) is 24.3 Å². The third-order valence-electron chi connectivity index (χ3n) is 5.66. The largest absolute Gasteiger partial charge is 0.508 e. The topological polar surface area (TPSA) is 114 Å². The third kappa shape index (κ3) is 7.20. The summed E-state index contributed by atoms with van der Waals surface area (Å²) in [7, 11) is -1.84. The van der Waals surface area contributed by atoms with Crippen molar-refractivity contribution < 1.29 is 27.4 Å². The Balaban J connectivity index is 1.54. The molecule has 4 N–H and O–H groups in total. The molecule has 2 aromatic carbocycles. The zero-order valence-corrected chi connectivity index (χ0v) is 19.6. The summed E-state index contributed by atoms with van der Waals surface area (Å²) in [6.45, 7) is 2.35. The van der Waals surface area contributed by atoms with Crippen molar-refractivity contribution in [1.82, 2.24) is 9.62 Å². The van der Waals surface area contributed by atoms with Gasteiger partial charge in [-0.15, -0.1) is 0 Å². The molecule has 3 rings (SSSR count). The maximum atomic E-state index is 13.5. The molecule has 0 fully saturated rings. The molecule has 1 aliphatic carbocycles. The summed E-state index contributed by atoms with van der Waals surface area (Å²) in [6, 6.07) is 9.23. The number of hydrogen-bond donors (Lipinski definition) is 3. The number of likely N-dealkylation sites (N-methyl/N-ethyl adjacent to an activating group) is 1. The van der Waals surface area contributed by atoms with Crippen molar-refractivity contribution in [3.8, 4) is 5.75 Å². The number of ether oxygens (including phenoxy) is 2. The zero-order chi connectivity index (χ0) is 23.8. The van der Waals surface area contributed by atoms with Crippen molar-refractivity contribution in [2.45, 2.75) is 30.3 Å². The van der Waals surface area contributed by atoms with Crippen LogP contribution in [0.1, 0.15) is 16.7 Å². The van der Waals surface area contributed by atoms with Crippen LogP contribution in [-0.2, 0) is 38.9 Å². The van der Waals surface area contributed by atoms with Gasteiger partial charge in [-0.1, -0.05) is 6.07 Å². The first-order chi connectivity index (χ1) is 15.8. The number of sulfonamides is 1. The quantitative estimate of drug-likeness (QED) is 0.371. The van der Waals surface area contributed by atoms with Crippen molar-refractivity contribution in [3.63, 3.8) is 0 Å². The number of rotatable bonds is 13. The number of hydrogen-bond acceptors (Lipinski definition) is 7. The molecular formula is C23H32FN3O5S. The summed E-state index contributed by atoms with van der Waals surface area (Å²) in [5, 5.41) is 10.3. The Labute approximate surface area is 194 Å². The van der Waals surface area contributed by atoms with Crippen molar-refractivity contribution in [1.29, 1.82) is 0 Å². The molecule has 8 nitrogen and oxygen atoms in total. The van der Waals surface area contributed by atoms with Crippen molar-refractivity contribution in [2.24, 2.45) is 5.73 Å². The summed E-state index contributed by atoms with van der Waals surface area (Å²) in [4.78, 5) is 2.13. The third-order valence-corrected chi connectivity index (χ3v) is 7.12. The lowest BCUT2D eigenvalue weighted by molar-refractivity contribution is 0.0530. The highest BCUT2D eigenvalue weighted by Gasteiger charge is 2.26. The molecule has 33 heavy (non-hydrogen) atoms. The molecule has 1 aliphatic rings. The zero-order valence-electron chi connectivity index (χ0n) is 18.8. The first-order valence-corrected chi connectivity index (χ1v) is 12.4. The minimum atomic E-state index is -3.75. The minimum absolute atomic E-state index is 0.0307. The molecule has 2 aromatic rings. The molecule has 0 radical (unpaired) electrons. The van der Waals surface area contributed by atoms with Crippen LogP contribution in [0, 0.1) is 5.82 Å². The molecule has 1 atom stereocenters. The van der Waals surface area contributed by atoms with Gasteiger partial charge in [-0.25, -0.2) is 17.5 Å². The monoisotopic (exact) mass is 481 g/mol. The van der Waals surface area contributed by atoms with Gasteiger partial charge in [0.2, 0.25) is 10.0 Å². The van der Waals surface area contributed by atoms with Gasteiger partial charge in [0.15, 0.2) is 0 Å². The molecule has 1 unspecified atom stereocenters. The predicted octanol–water partition coefficient (Wildman–Crippen LogP) is 1.40. The number of halogens is 1. The molecule has 10 heteroatoms. The van der Waals surface area contributed by atoms with Crippen LogP contribution in [0.2, 0.25) is 0 Å². The lowest BCUT2D eigenvalue weighted by atomic mass is 10.1. The number of nitrogens with zero attached hydrogens (tertiary/aromatic N) is 1. The number of phenolic OH excluding ortho intramolecular Hbond substituents is 1. The molecule has 182 valence electrons. The van der Waals surface area contributed by atoms with Crippen molar-refractivity contribution >= 4 is 10.0 Å². The number of aromatic hydroxyl groups is 1. The van der Waals surface area contributed by atoms with Crippen LogP contribution in [0.5, 0.6) is 5.75 Å². The van der Waals surface area contributed by atoms with Gasteiger partial charge in [-0.3, -0.25) is 4.90 Å². The first-order valence-electron chi connectivity index (χ1n) is 10.9. The van der Waals surface area contributed by atoms with Gasteiger partial charge in [0, 0.05) is 31.2 Å². The normalized spacial score (nSPS) is 15.8. The smallest absolute Gasteiger partial charge is 0.240 e. The Morgan fingerprint density at radius 3 is 2.58 bits per heavy atom. The Morgan fingerprint density at radius 2 is 1.82 bits per heavy atom. The molecule has 0 saturated carbocycles. The van der Waals surface area contributed by atoms with Crippen LogP contribution in [0.4, 0.5) is 4.39 Å². The van der Waals surface area contributed by atoms with Gasteiger partial charge in [-0.05, 0) is 61.3 Å². The van der Waals surface area contributed by atoms with Gasteiger partial charge in [-0.2, -0.15) is 0 Å². The minimum Gasteiger partial charge on any atom is -0.508 e. The number of phenols is 1. The standard InChI is InChI=1S/C23H32FN3O5S/c1-27(21-13-17-2-3-20(24)12-18(17)14-21)16-19-15-22(4-5-23(19)28)33(29,30)26-7-9-32-11-10-31-8-6-25/h2-5,12,15,21,26,28H,6-11,13-14,16,25H2,1H3. The molecule has 0 spiro atoms. The Bertz CT molecular complexity index is 1030. The van der Waals surface area contributed by atoms with Gasteiger partial charge < -0.3 is 20.3 Å². The molecular weight excluding hydrogens is 449 g/mol. The van der Waals surface area contributed by atoms with E-state index in [9.17, 15) is 17.9 Å². The summed E-state index contributed by atoms with van der Waals surface area (Å²) in [5.74, 6) is -0.214. The van der Waals surface area contributed by atoms with E-state index in [1.54, 1.807) is 6.07 Å². The highest BCUT2D eigenvalue weighted by Crippen LogP contribution is 2.28. The second kappa shape index (κ2) is 11.9. The number of fused-ring (bicyclic) bond motifs is 1. The van der Waals surface area contributed by atoms with E-state index < -0.39 is 10.0 Å². The fourth-order valence-electron chi connectivity index (χ4n) is 3.87. The van der Waals surface area contributed by atoms with E-state index in [1.807, 2.05) is 13.1 Å². The van der Waals surface area contributed by atoms with Gasteiger partial charge in [0.25, 0.3) is 0 Å². The van der Waals surface area contributed by atoms with Crippen LogP contribution in [-0.4, -0.2) is 71.0 Å². The average Bonchev–Trinajstić information content (AvgIpc) is 3.20. The highest BCUT2D eigenvalue weighted by atomic mass is 32.2. The molecule has 0 amide bonds. The van der Waals surface area contributed by atoms with E-state index in [0.717, 1.165) is 17.5 Å². The Morgan fingerprint density at radius 1 is 1.09 bits per heavy atom. The van der Waals surface area contributed by atoms with Gasteiger partial charge >= 0.3 is 0 Å². The van der Waals surface area contributed by atoms with Crippen LogP contribution >= 0.6 is 0 Å². The second-order valence-corrected chi connectivity index (χ2v) is 9.86. The Hall–Kier alpha value is -2.08. The summed E-state index contributed by atoms with van der Waals surface area (Å²) >= 11 is 0. The molecule has 0 bridgehead atoms. The molecule has 0 heterocycles. The summed E-state index contributed by atoms with van der Waals surface area (Å²) in [6.07, 6.45) is 1.49. The van der Waals surface area contributed by atoms with E-state index in [2.05, 4.69) is 9.62 Å². The molecule has 0 aromatic heterocycles. The molecule has 0 saturated heterocycles. The van der Waals surface area contributed by atoms with Gasteiger partial charge in [0.1, 0.15) is 11.6 Å². The maximum Gasteiger partial charge on any atom is 0.240 e. The van der Waals surface area contributed by atoms with Crippen molar-refractivity contribution in [2.75, 3.05) is 46.6 Å². The van der Waals surface area contributed by atoms with E-state index in [0.29, 0.717) is 44.9 Å². The fourth-order valence-corrected chi connectivity index (χ4v) is 4.93.